The molecule has 1 aliphatic heterocycles. The average Bonchev–Trinajstić information content (AvgIpc) is 3.15. The second-order valence-corrected chi connectivity index (χ2v) is 9.55. The normalized spacial score (nSPS) is 14.7. The first-order valence-corrected chi connectivity index (χ1v) is 11.2. The molecule has 0 spiro atoms. The fourth-order valence-electron chi connectivity index (χ4n) is 3.22. The van der Waals surface area contributed by atoms with Crippen LogP contribution in [-0.2, 0) is 14.9 Å². The predicted octanol–water partition coefficient (Wildman–Crippen LogP) is 6.31. The first-order chi connectivity index (χ1) is 15.7. The summed E-state index contributed by atoms with van der Waals surface area (Å²) in [5.74, 6) is -0.270. The Hall–Kier alpha value is -3.51. The highest BCUT2D eigenvalue weighted by Crippen LogP contribution is 2.24. The van der Waals surface area contributed by atoms with Crippen LogP contribution in [0.3, 0.4) is 0 Å². The van der Waals surface area contributed by atoms with E-state index in [1.807, 2.05) is 36.4 Å². The van der Waals surface area contributed by atoms with Gasteiger partial charge < -0.3 is 9.47 Å². The molecule has 0 aromatic heterocycles. The second kappa shape index (κ2) is 9.16. The summed E-state index contributed by atoms with van der Waals surface area (Å²) in [6.45, 7) is 6.36. The fraction of sp³-hybridized carbons (Fsp3) is 0.148. The van der Waals surface area contributed by atoms with Crippen LogP contribution >= 0.6 is 15.9 Å². The highest BCUT2D eigenvalue weighted by molar-refractivity contribution is 9.10. The molecule has 4 rings (SSSR count). The molecular weight excluding hydrogens is 482 g/mol. The molecule has 1 heterocycles. The van der Waals surface area contributed by atoms with Crippen LogP contribution in [0.4, 0.5) is 0 Å². The van der Waals surface area contributed by atoms with E-state index in [1.54, 1.807) is 42.5 Å². The van der Waals surface area contributed by atoms with Gasteiger partial charge in [-0.1, -0.05) is 67.0 Å². The Kier molecular flexibility index (Phi) is 6.29. The molecule has 0 saturated carbocycles. The van der Waals surface area contributed by atoms with Crippen molar-refractivity contribution in [3.8, 4) is 5.75 Å². The van der Waals surface area contributed by atoms with Gasteiger partial charge in [0.1, 0.15) is 5.75 Å². The van der Waals surface area contributed by atoms with E-state index in [0.29, 0.717) is 16.9 Å². The van der Waals surface area contributed by atoms with Gasteiger partial charge in [-0.05, 0) is 65.1 Å². The van der Waals surface area contributed by atoms with Crippen molar-refractivity contribution >= 4 is 39.8 Å². The van der Waals surface area contributed by atoms with E-state index in [-0.39, 0.29) is 17.0 Å². The van der Waals surface area contributed by atoms with Crippen molar-refractivity contribution in [1.29, 1.82) is 0 Å². The van der Waals surface area contributed by atoms with Crippen LogP contribution in [0, 0.1) is 0 Å². The molecular formula is C27H22BrNO4. The molecule has 3 aromatic rings. The monoisotopic (exact) mass is 503 g/mol. The second-order valence-electron chi connectivity index (χ2n) is 8.63. The van der Waals surface area contributed by atoms with Gasteiger partial charge in [0.05, 0.1) is 5.56 Å². The van der Waals surface area contributed by atoms with Crippen molar-refractivity contribution < 1.29 is 19.1 Å². The van der Waals surface area contributed by atoms with Crippen molar-refractivity contribution in [1.82, 2.24) is 0 Å². The maximum Gasteiger partial charge on any atom is 0.363 e. The average molecular weight is 504 g/mol. The number of benzene rings is 3. The van der Waals surface area contributed by atoms with Gasteiger partial charge in [0.15, 0.2) is 5.70 Å². The minimum Gasteiger partial charge on any atom is -0.423 e. The molecule has 0 amide bonds. The van der Waals surface area contributed by atoms with Gasteiger partial charge in [-0.3, -0.25) is 0 Å². The Morgan fingerprint density at radius 1 is 1.00 bits per heavy atom. The van der Waals surface area contributed by atoms with Crippen molar-refractivity contribution in [2.24, 2.45) is 4.99 Å². The van der Waals surface area contributed by atoms with Gasteiger partial charge in [-0.2, -0.15) is 0 Å². The third kappa shape index (κ3) is 5.46. The molecule has 0 unspecified atom stereocenters. The summed E-state index contributed by atoms with van der Waals surface area (Å²) in [6, 6.07) is 21.6. The van der Waals surface area contributed by atoms with Crippen LogP contribution in [0.15, 0.2) is 88.0 Å². The fourth-order valence-corrected chi connectivity index (χ4v) is 3.62. The van der Waals surface area contributed by atoms with Crippen molar-refractivity contribution in [2.75, 3.05) is 0 Å². The molecule has 3 aromatic carbocycles. The molecule has 6 heteroatoms. The van der Waals surface area contributed by atoms with Crippen LogP contribution in [0.2, 0.25) is 0 Å². The number of hydrogen-bond donors (Lipinski definition) is 0. The molecule has 0 bridgehead atoms. The lowest BCUT2D eigenvalue weighted by Gasteiger charge is -2.18. The third-order valence-electron chi connectivity index (χ3n) is 5.07. The minimum absolute atomic E-state index is 0.0152. The molecule has 0 fully saturated rings. The zero-order valence-corrected chi connectivity index (χ0v) is 20.0. The number of esters is 2. The van der Waals surface area contributed by atoms with E-state index in [9.17, 15) is 9.59 Å². The molecule has 0 N–H and O–H groups in total. The molecule has 33 heavy (non-hydrogen) atoms. The number of rotatable bonds is 4. The van der Waals surface area contributed by atoms with E-state index >= 15 is 0 Å². The van der Waals surface area contributed by atoms with Crippen LogP contribution in [0.1, 0.15) is 47.8 Å². The highest BCUT2D eigenvalue weighted by atomic mass is 79.9. The largest absolute Gasteiger partial charge is 0.423 e. The van der Waals surface area contributed by atoms with Crippen molar-refractivity contribution in [3.63, 3.8) is 0 Å². The molecule has 5 nitrogen and oxygen atoms in total. The summed E-state index contributed by atoms with van der Waals surface area (Å²) in [4.78, 5) is 29.0. The molecule has 1 aliphatic rings. The van der Waals surface area contributed by atoms with Gasteiger partial charge in [-0.25, -0.2) is 14.6 Å². The van der Waals surface area contributed by atoms with Gasteiger partial charge in [0, 0.05) is 10.0 Å². The lowest BCUT2D eigenvalue weighted by molar-refractivity contribution is -0.129. The summed E-state index contributed by atoms with van der Waals surface area (Å²) in [7, 11) is 0. The third-order valence-corrected chi connectivity index (χ3v) is 5.57. The lowest BCUT2D eigenvalue weighted by atomic mass is 9.87. The Morgan fingerprint density at radius 2 is 1.70 bits per heavy atom. The summed E-state index contributed by atoms with van der Waals surface area (Å²) in [5, 5.41) is 0. The molecule has 166 valence electrons. The van der Waals surface area contributed by atoms with Crippen LogP contribution in [-0.4, -0.2) is 17.8 Å². The first-order valence-electron chi connectivity index (χ1n) is 10.4. The van der Waals surface area contributed by atoms with E-state index in [2.05, 4.69) is 41.7 Å². The summed E-state index contributed by atoms with van der Waals surface area (Å²) in [5.41, 5.74) is 3.29. The molecule has 0 aliphatic carbocycles. The number of cyclic esters (lactones) is 1. The smallest absolute Gasteiger partial charge is 0.363 e. The minimum atomic E-state index is -0.515. The summed E-state index contributed by atoms with van der Waals surface area (Å²) >= 11 is 3.40. The van der Waals surface area contributed by atoms with Gasteiger partial charge in [0.25, 0.3) is 0 Å². The highest BCUT2D eigenvalue weighted by Gasteiger charge is 2.24. The zero-order chi connectivity index (χ0) is 23.6. The Bertz CT molecular complexity index is 1270. The van der Waals surface area contributed by atoms with Crippen LogP contribution in [0.5, 0.6) is 5.75 Å². The molecule has 0 atom stereocenters. The summed E-state index contributed by atoms with van der Waals surface area (Å²) in [6.07, 6.45) is 1.63. The van der Waals surface area contributed by atoms with E-state index in [4.69, 9.17) is 9.47 Å². The SMILES string of the molecule is CC(C)(C)c1ccc(C(=O)Oc2ccc(/C=C3\N=C(c4cccc(Br)c4)OC3=O)cc2)cc1. The Morgan fingerprint density at radius 3 is 2.33 bits per heavy atom. The quantitative estimate of drug-likeness (QED) is 0.237. The zero-order valence-electron chi connectivity index (χ0n) is 18.5. The number of aliphatic imine (C=N–C) groups is 1. The maximum atomic E-state index is 12.5. The standard InChI is InChI=1S/C27H22BrNO4/c1-27(2,3)20-11-9-18(10-12-20)25(30)32-22-13-7-17(8-14-22)15-23-26(31)33-24(29-23)19-5-4-6-21(28)16-19/h4-16H,1-3H3/b23-15-. The lowest BCUT2D eigenvalue weighted by Crippen LogP contribution is -2.12. The first kappa shape index (κ1) is 22.7. The van der Waals surface area contributed by atoms with E-state index in [0.717, 1.165) is 15.6 Å². The number of nitrogens with zero attached hydrogens (tertiary/aromatic N) is 1. The topological polar surface area (TPSA) is 65.0 Å². The number of hydrogen-bond acceptors (Lipinski definition) is 5. The van der Waals surface area contributed by atoms with Crippen LogP contribution < -0.4 is 4.74 Å². The number of carbonyl (C=O) groups is 2. The van der Waals surface area contributed by atoms with Gasteiger partial charge in [-0.15, -0.1) is 0 Å². The van der Waals surface area contributed by atoms with Crippen LogP contribution in [0.25, 0.3) is 6.08 Å². The Labute approximate surface area is 200 Å². The van der Waals surface area contributed by atoms with Gasteiger partial charge >= 0.3 is 11.9 Å². The molecule has 0 saturated heterocycles. The number of halogens is 1. The Balaban J connectivity index is 1.45. The number of ether oxygens (including phenoxy) is 2. The van der Waals surface area contributed by atoms with E-state index in [1.165, 1.54) is 0 Å². The van der Waals surface area contributed by atoms with Crippen molar-refractivity contribution in [2.45, 2.75) is 26.2 Å². The summed E-state index contributed by atoms with van der Waals surface area (Å²) < 4.78 is 11.6. The predicted molar refractivity (Wildman–Crippen MR) is 131 cm³/mol. The number of carbonyl (C=O) groups excluding carboxylic acids is 2. The maximum absolute atomic E-state index is 12.5. The van der Waals surface area contributed by atoms with E-state index < -0.39 is 11.9 Å². The molecule has 0 radical (unpaired) electrons. The van der Waals surface area contributed by atoms with Crippen molar-refractivity contribution in [3.05, 3.63) is 105 Å². The van der Waals surface area contributed by atoms with Gasteiger partial charge in [0.2, 0.25) is 5.90 Å².